The van der Waals surface area contributed by atoms with Crippen LogP contribution in [0, 0.1) is 0 Å². The van der Waals surface area contributed by atoms with Crippen LogP contribution >= 0.6 is 0 Å². The summed E-state index contributed by atoms with van der Waals surface area (Å²) in [4.78, 5) is 11.0. The average Bonchev–Trinajstić information content (AvgIpc) is 2.48. The molecule has 1 atom stereocenters. The van der Waals surface area contributed by atoms with E-state index in [4.69, 9.17) is 0 Å². The van der Waals surface area contributed by atoms with Gasteiger partial charge >= 0.3 is 5.97 Å². The zero-order valence-corrected chi connectivity index (χ0v) is 14.2. The van der Waals surface area contributed by atoms with Crippen molar-refractivity contribution < 1.29 is 14.6 Å². The lowest BCUT2D eigenvalue weighted by Gasteiger charge is -2.08. The van der Waals surface area contributed by atoms with Gasteiger partial charge in [-0.1, -0.05) is 84.0 Å². The van der Waals surface area contributed by atoms with E-state index in [1.165, 1.54) is 71.3 Å². The number of aliphatic hydroxyl groups excluding tert-OH is 1. The fourth-order valence-electron chi connectivity index (χ4n) is 2.60. The summed E-state index contributed by atoms with van der Waals surface area (Å²) in [6, 6.07) is 0. The van der Waals surface area contributed by atoms with Crippen LogP contribution in [0.25, 0.3) is 0 Å². The number of hydrogen-bond acceptors (Lipinski definition) is 3. The molecule has 0 aliphatic carbocycles. The molecule has 0 amide bonds. The van der Waals surface area contributed by atoms with Crippen LogP contribution in [0.1, 0.15) is 96.8 Å². The van der Waals surface area contributed by atoms with Crippen LogP contribution in [0.4, 0.5) is 0 Å². The van der Waals surface area contributed by atoms with Gasteiger partial charge in [0.2, 0.25) is 0 Å². The van der Waals surface area contributed by atoms with E-state index < -0.39 is 6.10 Å². The maximum atomic E-state index is 11.0. The molecule has 1 N–H and O–H groups in total. The van der Waals surface area contributed by atoms with Crippen LogP contribution < -0.4 is 0 Å². The Hall–Kier alpha value is -0.570. The lowest BCUT2D eigenvalue weighted by molar-refractivity contribution is -0.142. The van der Waals surface area contributed by atoms with Gasteiger partial charge in [-0.25, -0.2) is 0 Å². The fourth-order valence-corrected chi connectivity index (χ4v) is 2.60. The molecule has 0 rings (SSSR count). The third-order valence-electron chi connectivity index (χ3n) is 4.02. The van der Waals surface area contributed by atoms with Gasteiger partial charge in [0.05, 0.1) is 19.6 Å². The Morgan fingerprint density at radius 2 is 1.29 bits per heavy atom. The summed E-state index contributed by atoms with van der Waals surface area (Å²) in [7, 11) is 1.36. The second-order valence-electron chi connectivity index (χ2n) is 6.11. The van der Waals surface area contributed by atoms with E-state index in [2.05, 4.69) is 11.7 Å². The number of hydrogen-bond donors (Lipinski definition) is 1. The van der Waals surface area contributed by atoms with Crippen LogP contribution in [0.3, 0.4) is 0 Å². The van der Waals surface area contributed by atoms with Crippen molar-refractivity contribution in [1.29, 1.82) is 0 Å². The first-order valence-corrected chi connectivity index (χ1v) is 8.95. The van der Waals surface area contributed by atoms with Crippen molar-refractivity contribution in [1.82, 2.24) is 0 Å². The SMILES string of the molecule is CCCCCCCCCCCCCC[C@@H](O)CC(=O)OC. The Balaban J connectivity index is 3.13. The third kappa shape index (κ3) is 15.6. The topological polar surface area (TPSA) is 46.5 Å². The number of carbonyl (C=O) groups is 1. The maximum Gasteiger partial charge on any atom is 0.308 e. The molecule has 0 saturated carbocycles. The predicted octanol–water partition coefficient (Wildman–Crippen LogP) is 5.00. The molecule has 0 aromatic rings. The number of esters is 1. The van der Waals surface area contributed by atoms with Crippen LogP contribution in [0.15, 0.2) is 0 Å². The highest BCUT2D eigenvalue weighted by Crippen LogP contribution is 2.13. The van der Waals surface area contributed by atoms with Crippen LogP contribution in [-0.4, -0.2) is 24.3 Å². The lowest BCUT2D eigenvalue weighted by atomic mass is 10.0. The van der Waals surface area contributed by atoms with E-state index in [0.29, 0.717) is 6.42 Å². The molecule has 0 heterocycles. The Morgan fingerprint density at radius 1 is 0.857 bits per heavy atom. The number of ether oxygens (including phenoxy) is 1. The highest BCUT2D eigenvalue weighted by atomic mass is 16.5. The molecular weight excluding hydrogens is 264 g/mol. The highest BCUT2D eigenvalue weighted by Gasteiger charge is 2.09. The summed E-state index contributed by atoms with van der Waals surface area (Å²) in [5, 5.41) is 9.61. The predicted molar refractivity (Wildman–Crippen MR) is 88.3 cm³/mol. The van der Waals surface area contributed by atoms with E-state index >= 15 is 0 Å². The monoisotopic (exact) mass is 300 g/mol. The largest absolute Gasteiger partial charge is 0.469 e. The zero-order valence-electron chi connectivity index (χ0n) is 14.2. The number of carbonyl (C=O) groups excluding carboxylic acids is 1. The normalized spacial score (nSPS) is 12.3. The van der Waals surface area contributed by atoms with Crippen molar-refractivity contribution in [3.8, 4) is 0 Å². The maximum absolute atomic E-state index is 11.0. The van der Waals surface area contributed by atoms with Gasteiger partial charge in [0.1, 0.15) is 0 Å². The van der Waals surface area contributed by atoms with Crippen molar-refractivity contribution in [2.75, 3.05) is 7.11 Å². The Morgan fingerprint density at radius 3 is 1.71 bits per heavy atom. The van der Waals surface area contributed by atoms with E-state index in [1.54, 1.807) is 0 Å². The van der Waals surface area contributed by atoms with Crippen molar-refractivity contribution in [3.05, 3.63) is 0 Å². The van der Waals surface area contributed by atoms with Gasteiger partial charge in [-0.3, -0.25) is 4.79 Å². The molecule has 0 radical (unpaired) electrons. The van der Waals surface area contributed by atoms with Gasteiger partial charge in [-0.2, -0.15) is 0 Å². The standard InChI is InChI=1S/C18H36O3/c1-3-4-5-6-7-8-9-10-11-12-13-14-15-17(19)16-18(20)21-2/h17,19H,3-16H2,1-2H3/t17-/m1/s1. The molecule has 0 aromatic heterocycles. The number of unbranched alkanes of at least 4 members (excludes halogenated alkanes) is 11. The third-order valence-corrected chi connectivity index (χ3v) is 4.02. The minimum Gasteiger partial charge on any atom is -0.469 e. The molecule has 0 aromatic carbocycles. The first-order valence-electron chi connectivity index (χ1n) is 8.95. The molecule has 0 unspecified atom stereocenters. The van der Waals surface area contributed by atoms with Gasteiger partial charge in [0.15, 0.2) is 0 Å². The summed E-state index contributed by atoms with van der Waals surface area (Å²) in [6.07, 6.45) is 16.1. The van der Waals surface area contributed by atoms with E-state index in [-0.39, 0.29) is 12.4 Å². The average molecular weight is 300 g/mol. The Bertz CT molecular complexity index is 229. The minimum absolute atomic E-state index is 0.133. The van der Waals surface area contributed by atoms with Crippen LogP contribution in [0.2, 0.25) is 0 Å². The molecule has 0 aliphatic rings. The first kappa shape index (κ1) is 20.4. The molecule has 0 aliphatic heterocycles. The molecule has 0 saturated heterocycles. The number of rotatable bonds is 15. The van der Waals surface area contributed by atoms with Gasteiger partial charge in [-0.05, 0) is 6.42 Å². The van der Waals surface area contributed by atoms with E-state index in [0.717, 1.165) is 12.8 Å². The van der Waals surface area contributed by atoms with Gasteiger partial charge in [-0.15, -0.1) is 0 Å². The van der Waals surface area contributed by atoms with Gasteiger partial charge in [0.25, 0.3) is 0 Å². The molecule has 0 fully saturated rings. The van der Waals surface area contributed by atoms with Gasteiger partial charge in [0, 0.05) is 0 Å². The van der Waals surface area contributed by atoms with Crippen LogP contribution in [0.5, 0.6) is 0 Å². The quantitative estimate of drug-likeness (QED) is 0.342. The van der Waals surface area contributed by atoms with Crippen LogP contribution in [-0.2, 0) is 9.53 Å². The first-order chi connectivity index (χ1) is 10.2. The molecular formula is C18H36O3. The lowest BCUT2D eigenvalue weighted by Crippen LogP contribution is -2.14. The molecule has 3 nitrogen and oxygen atoms in total. The van der Waals surface area contributed by atoms with Crippen molar-refractivity contribution >= 4 is 5.97 Å². The van der Waals surface area contributed by atoms with E-state index in [1.807, 2.05) is 0 Å². The summed E-state index contributed by atoms with van der Waals surface area (Å²) in [5.74, 6) is -0.318. The highest BCUT2D eigenvalue weighted by molar-refractivity contribution is 5.69. The molecule has 3 heteroatoms. The summed E-state index contributed by atoms with van der Waals surface area (Å²) >= 11 is 0. The van der Waals surface area contributed by atoms with Crippen molar-refractivity contribution in [3.63, 3.8) is 0 Å². The second kappa shape index (κ2) is 15.8. The van der Waals surface area contributed by atoms with E-state index in [9.17, 15) is 9.90 Å². The second-order valence-corrected chi connectivity index (χ2v) is 6.11. The van der Waals surface area contributed by atoms with Crippen molar-refractivity contribution in [2.24, 2.45) is 0 Å². The Kier molecular flexibility index (Phi) is 15.4. The summed E-state index contributed by atoms with van der Waals surface area (Å²) in [6.45, 7) is 2.26. The molecule has 126 valence electrons. The number of methoxy groups -OCH3 is 1. The number of aliphatic hydroxyl groups is 1. The fraction of sp³-hybridized carbons (Fsp3) is 0.944. The summed E-state index contributed by atoms with van der Waals surface area (Å²) < 4.78 is 4.54. The minimum atomic E-state index is -0.527. The zero-order chi connectivity index (χ0) is 15.8. The smallest absolute Gasteiger partial charge is 0.308 e. The van der Waals surface area contributed by atoms with Crippen molar-refractivity contribution in [2.45, 2.75) is 103 Å². The molecule has 0 bridgehead atoms. The molecule has 0 spiro atoms. The summed E-state index contributed by atoms with van der Waals surface area (Å²) in [5.41, 5.74) is 0. The molecule has 21 heavy (non-hydrogen) atoms. The Labute approximate surface area is 131 Å². The van der Waals surface area contributed by atoms with Gasteiger partial charge < -0.3 is 9.84 Å².